The Morgan fingerprint density at radius 2 is 2.23 bits per heavy atom. The maximum atomic E-state index is 11.4. The highest BCUT2D eigenvalue weighted by Gasteiger charge is 2.22. The molecule has 0 aromatic rings. The highest BCUT2D eigenvalue weighted by molar-refractivity contribution is 7.89. The first-order chi connectivity index (χ1) is 5.99. The lowest BCUT2D eigenvalue weighted by Crippen LogP contribution is -2.39. The second-order valence-corrected chi connectivity index (χ2v) is 5.65. The van der Waals surface area contributed by atoms with Crippen LogP contribution in [0.3, 0.4) is 0 Å². The Kier molecular flexibility index (Phi) is 3.70. The number of nitrogens with one attached hydrogen (secondary N) is 2. The van der Waals surface area contributed by atoms with Crippen LogP contribution >= 0.6 is 0 Å². The quantitative estimate of drug-likeness (QED) is 0.684. The van der Waals surface area contributed by atoms with Crippen LogP contribution in [0.2, 0.25) is 0 Å². The second-order valence-electron chi connectivity index (χ2n) is 3.85. The standard InChI is InChI=1S/C8H18N2O2S/c1-7(2)10-13(11,12)6-8-4-3-5-9-8/h7-10H,3-6H2,1-2H3. The molecule has 0 spiro atoms. The Morgan fingerprint density at radius 1 is 1.54 bits per heavy atom. The van der Waals surface area contributed by atoms with Crippen LogP contribution in [0.1, 0.15) is 26.7 Å². The summed E-state index contributed by atoms with van der Waals surface area (Å²) in [6.07, 6.45) is 2.06. The van der Waals surface area contributed by atoms with E-state index in [4.69, 9.17) is 0 Å². The minimum atomic E-state index is -3.08. The largest absolute Gasteiger partial charge is 0.313 e. The molecule has 13 heavy (non-hydrogen) atoms. The maximum absolute atomic E-state index is 11.4. The Labute approximate surface area is 80.1 Å². The molecule has 4 nitrogen and oxygen atoms in total. The van der Waals surface area contributed by atoms with Crippen LogP contribution in [-0.4, -0.2) is 32.8 Å². The van der Waals surface area contributed by atoms with Gasteiger partial charge in [-0.15, -0.1) is 0 Å². The van der Waals surface area contributed by atoms with E-state index in [1.54, 1.807) is 0 Å². The summed E-state index contributed by atoms with van der Waals surface area (Å²) in [6.45, 7) is 4.61. The van der Waals surface area contributed by atoms with Gasteiger partial charge in [-0.3, -0.25) is 0 Å². The molecule has 1 unspecified atom stereocenters. The lowest BCUT2D eigenvalue weighted by atomic mass is 10.3. The van der Waals surface area contributed by atoms with Gasteiger partial charge in [0.2, 0.25) is 10.0 Å². The smallest absolute Gasteiger partial charge is 0.213 e. The first-order valence-electron chi connectivity index (χ1n) is 4.73. The third kappa shape index (κ3) is 4.06. The van der Waals surface area contributed by atoms with Crippen molar-refractivity contribution < 1.29 is 8.42 Å². The molecule has 1 atom stereocenters. The van der Waals surface area contributed by atoms with E-state index in [9.17, 15) is 8.42 Å². The summed E-state index contributed by atoms with van der Waals surface area (Å²) in [5.74, 6) is 0.213. The third-order valence-corrected chi connectivity index (χ3v) is 3.67. The molecule has 1 saturated heterocycles. The van der Waals surface area contributed by atoms with Gasteiger partial charge in [-0.1, -0.05) is 0 Å². The SMILES string of the molecule is CC(C)NS(=O)(=O)CC1CCCN1. The zero-order valence-corrected chi connectivity index (χ0v) is 9.02. The van der Waals surface area contributed by atoms with Gasteiger partial charge in [-0.05, 0) is 33.2 Å². The topological polar surface area (TPSA) is 58.2 Å². The van der Waals surface area contributed by atoms with Crippen LogP contribution in [0.5, 0.6) is 0 Å². The van der Waals surface area contributed by atoms with Crippen LogP contribution < -0.4 is 10.0 Å². The van der Waals surface area contributed by atoms with Crippen molar-refractivity contribution in [3.8, 4) is 0 Å². The predicted octanol–water partition coefficient (Wildman–Crippen LogP) is 0.0662. The fourth-order valence-electron chi connectivity index (χ4n) is 1.57. The molecule has 0 aromatic carbocycles. The first-order valence-corrected chi connectivity index (χ1v) is 6.38. The molecule has 1 heterocycles. The molecular formula is C8H18N2O2S. The Bertz CT molecular complexity index is 243. The van der Waals surface area contributed by atoms with Crippen LogP contribution in [0.25, 0.3) is 0 Å². The van der Waals surface area contributed by atoms with Gasteiger partial charge in [0.15, 0.2) is 0 Å². The average Bonchev–Trinajstić information content (AvgIpc) is 2.34. The molecule has 0 radical (unpaired) electrons. The summed E-state index contributed by atoms with van der Waals surface area (Å²) in [6, 6.07) is 0.141. The summed E-state index contributed by atoms with van der Waals surface area (Å²) in [5.41, 5.74) is 0. The van der Waals surface area contributed by atoms with Gasteiger partial charge < -0.3 is 5.32 Å². The van der Waals surface area contributed by atoms with E-state index in [1.807, 2.05) is 13.8 Å². The molecule has 78 valence electrons. The van der Waals surface area contributed by atoms with E-state index in [1.165, 1.54) is 0 Å². The van der Waals surface area contributed by atoms with Gasteiger partial charge in [-0.25, -0.2) is 13.1 Å². The monoisotopic (exact) mass is 206 g/mol. The summed E-state index contributed by atoms with van der Waals surface area (Å²) in [4.78, 5) is 0. The number of sulfonamides is 1. The van der Waals surface area contributed by atoms with Crippen LogP contribution in [0.15, 0.2) is 0 Å². The molecule has 0 bridgehead atoms. The van der Waals surface area contributed by atoms with Crippen LogP contribution in [-0.2, 0) is 10.0 Å². The van der Waals surface area contributed by atoms with Gasteiger partial charge in [0.05, 0.1) is 5.75 Å². The molecule has 0 aromatic heterocycles. The first kappa shape index (κ1) is 10.9. The molecule has 1 fully saturated rings. The van der Waals surface area contributed by atoms with Gasteiger partial charge in [0, 0.05) is 12.1 Å². The molecule has 2 N–H and O–H groups in total. The fourth-order valence-corrected chi connectivity index (χ4v) is 3.20. The Balaban J connectivity index is 2.41. The summed E-state index contributed by atoms with van der Waals surface area (Å²) in [7, 11) is -3.08. The molecule has 0 amide bonds. The average molecular weight is 206 g/mol. The maximum Gasteiger partial charge on any atom is 0.213 e. The number of rotatable bonds is 4. The summed E-state index contributed by atoms with van der Waals surface area (Å²) >= 11 is 0. The predicted molar refractivity (Wildman–Crippen MR) is 53.1 cm³/mol. The van der Waals surface area contributed by atoms with E-state index in [0.717, 1.165) is 19.4 Å². The van der Waals surface area contributed by atoms with Crippen LogP contribution in [0.4, 0.5) is 0 Å². The van der Waals surface area contributed by atoms with Crippen molar-refractivity contribution in [1.82, 2.24) is 10.0 Å². The number of hydrogen-bond acceptors (Lipinski definition) is 3. The molecule has 0 aliphatic carbocycles. The molecule has 1 aliphatic rings. The van der Waals surface area contributed by atoms with Crippen molar-refractivity contribution >= 4 is 10.0 Å². The van der Waals surface area contributed by atoms with Crippen molar-refractivity contribution in [2.75, 3.05) is 12.3 Å². The summed E-state index contributed by atoms with van der Waals surface area (Å²) in [5, 5.41) is 3.17. The van der Waals surface area contributed by atoms with Gasteiger partial charge >= 0.3 is 0 Å². The van der Waals surface area contributed by atoms with Gasteiger partial charge in [0.1, 0.15) is 0 Å². The lowest BCUT2D eigenvalue weighted by molar-refractivity contribution is 0.553. The fraction of sp³-hybridized carbons (Fsp3) is 1.00. The summed E-state index contributed by atoms with van der Waals surface area (Å²) < 4.78 is 25.5. The minimum absolute atomic E-state index is 0.00796. The molecule has 1 rings (SSSR count). The van der Waals surface area contributed by atoms with E-state index < -0.39 is 10.0 Å². The highest BCUT2D eigenvalue weighted by atomic mass is 32.2. The van der Waals surface area contributed by atoms with Gasteiger partial charge in [-0.2, -0.15) is 0 Å². The van der Waals surface area contributed by atoms with E-state index in [0.29, 0.717) is 0 Å². The van der Waals surface area contributed by atoms with Crippen LogP contribution in [0, 0.1) is 0 Å². The van der Waals surface area contributed by atoms with Gasteiger partial charge in [0.25, 0.3) is 0 Å². The normalized spacial score (nSPS) is 24.1. The van der Waals surface area contributed by atoms with Crippen molar-refractivity contribution in [2.24, 2.45) is 0 Å². The Hall–Kier alpha value is -0.130. The minimum Gasteiger partial charge on any atom is -0.313 e. The van der Waals surface area contributed by atoms with Crippen molar-refractivity contribution in [3.63, 3.8) is 0 Å². The Morgan fingerprint density at radius 3 is 2.69 bits per heavy atom. The molecule has 5 heteroatoms. The van der Waals surface area contributed by atoms with Crippen molar-refractivity contribution in [2.45, 2.75) is 38.8 Å². The van der Waals surface area contributed by atoms with E-state index >= 15 is 0 Å². The third-order valence-electron chi connectivity index (χ3n) is 2.00. The highest BCUT2D eigenvalue weighted by Crippen LogP contribution is 2.07. The molecular weight excluding hydrogens is 188 g/mol. The lowest BCUT2D eigenvalue weighted by Gasteiger charge is -2.13. The zero-order chi connectivity index (χ0) is 9.90. The zero-order valence-electron chi connectivity index (χ0n) is 8.21. The van der Waals surface area contributed by atoms with E-state index in [2.05, 4.69) is 10.0 Å². The number of hydrogen-bond donors (Lipinski definition) is 2. The van der Waals surface area contributed by atoms with E-state index in [-0.39, 0.29) is 17.8 Å². The van der Waals surface area contributed by atoms with Crippen molar-refractivity contribution in [3.05, 3.63) is 0 Å². The molecule has 0 saturated carbocycles. The van der Waals surface area contributed by atoms with Crippen molar-refractivity contribution in [1.29, 1.82) is 0 Å². The second kappa shape index (κ2) is 4.39. The molecule has 1 aliphatic heterocycles.